The Bertz CT molecular complexity index is 2840. The van der Waals surface area contributed by atoms with Crippen molar-refractivity contribution in [3.8, 4) is 11.5 Å². The van der Waals surface area contributed by atoms with Gasteiger partial charge in [-0.2, -0.15) is 0 Å². The van der Waals surface area contributed by atoms with Crippen LogP contribution in [0, 0.1) is 36.5 Å². The predicted octanol–water partition coefficient (Wildman–Crippen LogP) is 2.88. The number of aromatic hydroxyl groups is 1. The van der Waals surface area contributed by atoms with Crippen LogP contribution in [-0.2, 0) is 49.3 Å². The van der Waals surface area contributed by atoms with Crippen molar-refractivity contribution < 1.29 is 67.5 Å². The second kappa shape index (κ2) is 24.8. The number of phenols is 1. The van der Waals surface area contributed by atoms with Gasteiger partial charge in [-0.25, -0.2) is 4.98 Å². The zero-order chi connectivity index (χ0) is 58.7. The zero-order valence-corrected chi connectivity index (χ0v) is 47.8. The fourth-order valence-corrected chi connectivity index (χ4v) is 11.4. The lowest BCUT2D eigenvalue weighted by molar-refractivity contribution is -0.166. The molecule has 1 aromatic carbocycles. The van der Waals surface area contributed by atoms with Gasteiger partial charge in [0.15, 0.2) is 0 Å². The van der Waals surface area contributed by atoms with Crippen LogP contribution in [0.15, 0.2) is 60.1 Å². The number of Topliss-reactive ketones (excluding diaryl/α,β-unsaturated/α-hetero) is 2. The highest BCUT2D eigenvalue weighted by atomic mass is 16.7. The molecule has 5 aliphatic heterocycles. The molecule has 1 unspecified atom stereocenters. The number of nitrogens with zero attached hydrogens (tertiary/aromatic N) is 3. The molecule has 0 saturated carbocycles. The number of allylic oxidation sites excluding steroid dienone is 3. The number of fused-ring (bicyclic) bond motifs is 13. The molecular weight excluding hydrogens is 1030 g/mol. The van der Waals surface area contributed by atoms with Crippen molar-refractivity contribution in [1.82, 2.24) is 41.0 Å². The van der Waals surface area contributed by atoms with E-state index in [1.165, 1.54) is 65.9 Å². The van der Waals surface area contributed by atoms with Gasteiger partial charge in [0.1, 0.15) is 35.9 Å². The van der Waals surface area contributed by atoms with Crippen molar-refractivity contribution in [2.24, 2.45) is 35.3 Å². The van der Waals surface area contributed by atoms with E-state index in [0.717, 1.165) is 11.4 Å². The average Bonchev–Trinajstić information content (AvgIpc) is 4.16. The Morgan fingerprint density at radius 2 is 1.70 bits per heavy atom. The van der Waals surface area contributed by atoms with Gasteiger partial charge in [-0.05, 0) is 38.7 Å². The number of piperidine rings is 1. The van der Waals surface area contributed by atoms with E-state index in [9.17, 15) is 39.0 Å². The first-order valence-electron chi connectivity index (χ1n) is 27.2. The van der Waals surface area contributed by atoms with Crippen molar-refractivity contribution in [3.05, 3.63) is 88.0 Å². The fraction of sp³-hybridized carbons (Fsp3) is 0.579. The summed E-state index contributed by atoms with van der Waals surface area (Å²) in [7, 11) is 2.79. The van der Waals surface area contributed by atoms with Crippen molar-refractivity contribution in [3.63, 3.8) is 0 Å². The summed E-state index contributed by atoms with van der Waals surface area (Å²) >= 11 is 0. The lowest BCUT2D eigenvalue weighted by atomic mass is 9.78. The van der Waals surface area contributed by atoms with Crippen molar-refractivity contribution in [2.75, 3.05) is 46.9 Å². The number of aliphatic hydroxyl groups is 1. The van der Waals surface area contributed by atoms with Crippen LogP contribution in [0.5, 0.6) is 11.5 Å². The SMILES string of the molecule is CO[C@H]1/C=C/O[C@@]2(C)Oc3c(C)c(O)c4c(c3C2=O)C2NC3(CCN(CC(C)C)CC3)NC2=C(NC(=O)/C(C)=C\C=C\[C@H](C)[C@H](OC(=O)CN(C)C(=O)CNC(=O)[C@@H](N)Cc2cnc[nH]2)[C@@H](C)[C@@H](O)[C@@H](C)[C@H](OC(C)=O)[C@@H]1C)C4=O. The number of carbonyl (C=O) groups excluding carboxylic acids is 7. The van der Waals surface area contributed by atoms with E-state index in [0.29, 0.717) is 43.2 Å². The van der Waals surface area contributed by atoms with Crippen LogP contribution in [0.1, 0.15) is 119 Å². The van der Waals surface area contributed by atoms with Gasteiger partial charge in [0.25, 0.3) is 11.7 Å². The Hall–Kier alpha value is -6.92. The number of nitrogens with two attached hydrogens (primary N) is 1. The third kappa shape index (κ3) is 12.8. The Kier molecular flexibility index (Phi) is 18.9. The number of carbonyl (C=O) groups is 7. The van der Waals surface area contributed by atoms with Gasteiger partial charge in [0.2, 0.25) is 17.6 Å². The first kappa shape index (κ1) is 60.7. The number of methoxy groups -OCH3 is 1. The Labute approximate surface area is 466 Å². The number of hydrogen-bond donors (Lipinski definition) is 8. The van der Waals surface area contributed by atoms with E-state index in [2.05, 4.69) is 50.0 Å². The second-order valence-corrected chi connectivity index (χ2v) is 22.6. The van der Waals surface area contributed by atoms with Crippen LogP contribution in [-0.4, -0.2) is 160 Å². The number of aliphatic hydroxyl groups excluding tert-OH is 1. The van der Waals surface area contributed by atoms with Crippen molar-refractivity contribution in [2.45, 2.75) is 136 Å². The maximum atomic E-state index is 15.0. The Morgan fingerprint density at radius 3 is 2.34 bits per heavy atom. The largest absolute Gasteiger partial charge is 0.507 e. The third-order valence-electron chi connectivity index (χ3n) is 16.0. The minimum atomic E-state index is -2.02. The monoisotopic (exact) mass is 1110 g/mol. The Balaban J connectivity index is 1.23. The minimum absolute atomic E-state index is 0.0268. The molecule has 436 valence electrons. The molecule has 9 N–H and O–H groups in total. The number of H-pyrrole nitrogens is 1. The molecule has 23 nitrogen and oxygen atoms in total. The number of hydrogen-bond acceptors (Lipinski definition) is 19. The van der Waals surface area contributed by atoms with Crippen LogP contribution < -0.4 is 31.7 Å². The van der Waals surface area contributed by atoms with Crippen molar-refractivity contribution in [1.29, 1.82) is 0 Å². The highest BCUT2D eigenvalue weighted by molar-refractivity contribution is 6.19. The first-order chi connectivity index (χ1) is 37.7. The lowest BCUT2D eigenvalue weighted by Crippen LogP contribution is -2.56. The molecule has 1 spiro atoms. The van der Waals surface area contributed by atoms with Crippen LogP contribution in [0.2, 0.25) is 0 Å². The number of rotatable bonds is 12. The molecule has 1 aromatic heterocycles. The van der Waals surface area contributed by atoms with Crippen LogP contribution in [0.4, 0.5) is 0 Å². The van der Waals surface area contributed by atoms with Gasteiger partial charge in [-0.3, -0.25) is 38.9 Å². The highest BCUT2D eigenvalue weighted by Gasteiger charge is 2.56. The van der Waals surface area contributed by atoms with E-state index in [-0.39, 0.29) is 45.7 Å². The number of imidazole rings is 1. The van der Waals surface area contributed by atoms with Crippen LogP contribution in [0.3, 0.4) is 0 Å². The van der Waals surface area contributed by atoms with E-state index in [4.69, 9.17) is 29.4 Å². The molecule has 2 fully saturated rings. The van der Waals surface area contributed by atoms with E-state index >= 15 is 4.79 Å². The number of aromatic nitrogens is 2. The second-order valence-electron chi connectivity index (χ2n) is 22.6. The smallest absolute Gasteiger partial charge is 0.325 e. The number of phenolic OH excluding ortho intramolecular Hbond substituents is 1. The normalized spacial score (nSPS) is 29.8. The molecule has 8 rings (SSSR count). The summed E-state index contributed by atoms with van der Waals surface area (Å²) in [6, 6.07) is -1.87. The number of nitrogens with one attached hydrogen (secondary N) is 5. The minimum Gasteiger partial charge on any atom is -0.507 e. The number of likely N-dealkylation sites (N-methyl/N-ethyl adjacent to an activating group) is 1. The molecule has 2 aromatic rings. The first-order valence-corrected chi connectivity index (χ1v) is 27.2. The number of ether oxygens (including phenoxy) is 5. The highest BCUT2D eigenvalue weighted by Crippen LogP contribution is 2.53. The zero-order valence-electron chi connectivity index (χ0n) is 47.8. The number of amides is 3. The average molecular weight is 1110 g/mol. The van der Waals surface area contributed by atoms with E-state index in [1.54, 1.807) is 46.8 Å². The molecular formula is C57H79N9O14. The summed E-state index contributed by atoms with van der Waals surface area (Å²) in [5.74, 6) is -9.83. The van der Waals surface area contributed by atoms with E-state index in [1.807, 2.05) is 0 Å². The molecule has 1 aliphatic carbocycles. The third-order valence-corrected chi connectivity index (χ3v) is 16.0. The van der Waals surface area contributed by atoms with Crippen LogP contribution >= 0.6 is 0 Å². The summed E-state index contributed by atoms with van der Waals surface area (Å²) in [5.41, 5.74) is 6.41. The van der Waals surface area contributed by atoms with Crippen molar-refractivity contribution >= 4 is 41.2 Å². The van der Waals surface area contributed by atoms with Crippen LogP contribution in [0.25, 0.3) is 0 Å². The summed E-state index contributed by atoms with van der Waals surface area (Å²) in [5, 5.41) is 36.9. The number of benzene rings is 1. The quantitative estimate of drug-likeness (QED) is 0.142. The topological polar surface area (TPSA) is 315 Å². The molecule has 11 atom stereocenters. The molecule has 6 aliphatic rings. The summed E-state index contributed by atoms with van der Waals surface area (Å²) in [4.78, 5) is 107. The predicted molar refractivity (Wildman–Crippen MR) is 291 cm³/mol. The number of esters is 2. The Morgan fingerprint density at radius 1 is 1.01 bits per heavy atom. The van der Waals surface area contributed by atoms with Gasteiger partial charge in [-0.1, -0.05) is 59.8 Å². The van der Waals surface area contributed by atoms with Gasteiger partial charge in [0, 0.05) is 106 Å². The summed E-state index contributed by atoms with van der Waals surface area (Å²) < 4.78 is 30.5. The summed E-state index contributed by atoms with van der Waals surface area (Å²) in [6.45, 7) is 18.2. The molecule has 2 saturated heterocycles. The molecule has 3 amide bonds. The van der Waals surface area contributed by atoms with E-state index < -0.39 is 132 Å². The maximum absolute atomic E-state index is 15.0. The fourth-order valence-electron chi connectivity index (χ4n) is 11.4. The van der Waals surface area contributed by atoms with Gasteiger partial charge < -0.3 is 70.4 Å². The lowest BCUT2D eigenvalue weighted by Gasteiger charge is -2.40. The summed E-state index contributed by atoms with van der Waals surface area (Å²) in [6.07, 6.45) is 7.49. The molecule has 23 heteroatoms. The van der Waals surface area contributed by atoms with Gasteiger partial charge in [0.05, 0.1) is 65.9 Å². The number of ketones is 2. The maximum Gasteiger partial charge on any atom is 0.325 e. The molecule has 5 bridgehead atoms. The van der Waals surface area contributed by atoms with Gasteiger partial charge >= 0.3 is 17.7 Å². The molecule has 0 radical (unpaired) electrons. The number of aromatic amines is 1. The molecule has 80 heavy (non-hydrogen) atoms. The van der Waals surface area contributed by atoms with Gasteiger partial charge in [-0.15, -0.1) is 0 Å². The molecule has 6 heterocycles. The standard InChI is InChI=1S/C57H79N9O14/c1-28(2)25-66-19-17-57(18-20-66)63-44-41-42-48(71)34(8)52-43(41)53(73)56(10,80-52)77-21-16-38(76-12)31(5)51(78-35(9)67)33(7)47(70)32(6)50(29(3)14-13-15-30(4)54(74)62-46(49(42)72)45(44)64-57)79-40(69)26-65(11)39(68)24-60-55(75)37(58)22-36-23-59-27-61-36/h13-16,21,23,27-29,31-33,37-38,44,47,50-51,63-64,70-71H,17-20,22,24-26,58H2,1-12H3,(H,59,61)(H,60,75)(H,62,74)/b14-13+,21-16+,30-15-/t29-,31+,32-,33+,37-,38-,44?,47+,50-,51+,56-/m0/s1. The number of likely N-dealkylation sites (tertiary alicyclic amines) is 1.